The number of hydrogen-bond donors (Lipinski definition) is 2. The second-order valence-electron chi connectivity index (χ2n) is 6.63. The molecule has 1 amide bonds. The smallest absolute Gasteiger partial charge is 0.263 e. The van der Waals surface area contributed by atoms with E-state index >= 15 is 0 Å². The van der Waals surface area contributed by atoms with Gasteiger partial charge in [0.25, 0.3) is 5.91 Å². The number of likely N-dealkylation sites (tertiary alicyclic amines) is 1. The molecule has 6 nitrogen and oxygen atoms in total. The number of piperidine rings is 1. The van der Waals surface area contributed by atoms with Gasteiger partial charge in [0.15, 0.2) is 0 Å². The quantitative estimate of drug-likeness (QED) is 0.583. The minimum atomic E-state index is -0.400. The molecule has 3 rings (SSSR count). The Bertz CT molecular complexity index is 785. The number of rotatable bonds is 7. The number of carbonyl (C=O) groups excluding carboxylic acids is 1. The van der Waals surface area contributed by atoms with Gasteiger partial charge in [0.2, 0.25) is 0 Å². The minimum absolute atomic E-state index is 0.0771. The molecule has 2 heterocycles. The normalized spacial score (nSPS) is 15.9. The van der Waals surface area contributed by atoms with E-state index < -0.39 is 5.91 Å². The van der Waals surface area contributed by atoms with Gasteiger partial charge in [0, 0.05) is 31.9 Å². The van der Waals surface area contributed by atoms with Crippen molar-refractivity contribution in [3.8, 4) is 6.07 Å². The molecule has 0 bridgehead atoms. The summed E-state index contributed by atoms with van der Waals surface area (Å²) in [5.41, 5.74) is 1.40. The lowest BCUT2D eigenvalue weighted by atomic mass is 10.0. The van der Waals surface area contributed by atoms with Gasteiger partial charge in [-0.1, -0.05) is 30.3 Å². The summed E-state index contributed by atoms with van der Waals surface area (Å²) in [7, 11) is 0. The number of hydrogen-bond acceptors (Lipinski definition) is 5. The van der Waals surface area contributed by atoms with Gasteiger partial charge in [0.1, 0.15) is 17.4 Å². The predicted octanol–water partition coefficient (Wildman–Crippen LogP) is 2.56. The molecule has 0 saturated carbocycles. The van der Waals surface area contributed by atoms with Crippen molar-refractivity contribution in [2.45, 2.75) is 32.0 Å². The molecular formula is C21H24N4O2. The average Bonchev–Trinajstić information content (AvgIpc) is 3.22. The molecule has 6 heteroatoms. The Morgan fingerprint density at radius 1 is 1.22 bits per heavy atom. The lowest BCUT2D eigenvalue weighted by molar-refractivity contribution is -0.117. The molecule has 0 aliphatic carbocycles. The molecule has 0 radical (unpaired) electrons. The summed E-state index contributed by atoms with van der Waals surface area (Å²) in [5.74, 6) is 0.252. The first-order chi connectivity index (χ1) is 13.2. The van der Waals surface area contributed by atoms with Gasteiger partial charge in [-0.25, -0.2) is 0 Å². The topological polar surface area (TPSA) is 81.3 Å². The Balaban J connectivity index is 1.43. The number of furan rings is 1. The van der Waals surface area contributed by atoms with E-state index in [4.69, 9.17) is 4.42 Å². The van der Waals surface area contributed by atoms with E-state index in [2.05, 4.69) is 39.8 Å². The number of carbonyl (C=O) groups is 1. The van der Waals surface area contributed by atoms with Gasteiger partial charge >= 0.3 is 0 Å². The lowest BCUT2D eigenvalue weighted by Gasteiger charge is -2.32. The van der Waals surface area contributed by atoms with Crippen LogP contribution >= 0.6 is 0 Å². The van der Waals surface area contributed by atoms with Crippen molar-refractivity contribution < 1.29 is 9.21 Å². The molecule has 27 heavy (non-hydrogen) atoms. The molecule has 1 aliphatic heterocycles. The highest BCUT2D eigenvalue weighted by Crippen LogP contribution is 2.14. The van der Waals surface area contributed by atoms with Gasteiger partial charge in [0.05, 0.1) is 12.8 Å². The summed E-state index contributed by atoms with van der Waals surface area (Å²) in [6.07, 6.45) is 5.05. The molecule has 2 aromatic rings. The number of benzene rings is 1. The summed E-state index contributed by atoms with van der Waals surface area (Å²) in [4.78, 5) is 14.5. The molecule has 1 aromatic heterocycles. The molecule has 2 N–H and O–H groups in total. The van der Waals surface area contributed by atoms with Crippen molar-refractivity contribution in [3.05, 3.63) is 71.8 Å². The maximum absolute atomic E-state index is 12.1. The second kappa shape index (κ2) is 9.60. The van der Waals surface area contributed by atoms with Crippen LogP contribution in [0.1, 0.15) is 24.2 Å². The van der Waals surface area contributed by atoms with Crippen molar-refractivity contribution in [1.82, 2.24) is 15.5 Å². The van der Waals surface area contributed by atoms with E-state index in [0.717, 1.165) is 32.5 Å². The van der Waals surface area contributed by atoms with Crippen LogP contribution in [0, 0.1) is 11.3 Å². The minimum Gasteiger partial charge on any atom is -0.467 e. The summed E-state index contributed by atoms with van der Waals surface area (Å²) >= 11 is 0. The van der Waals surface area contributed by atoms with Crippen LogP contribution in [0.15, 0.2) is 64.9 Å². The summed E-state index contributed by atoms with van der Waals surface area (Å²) in [6, 6.07) is 16.2. The lowest BCUT2D eigenvalue weighted by Crippen LogP contribution is -2.40. The fourth-order valence-electron chi connectivity index (χ4n) is 3.12. The average molecular weight is 364 g/mol. The van der Waals surface area contributed by atoms with E-state index in [1.165, 1.54) is 11.8 Å². The number of amides is 1. The number of nitriles is 1. The second-order valence-corrected chi connectivity index (χ2v) is 6.63. The standard InChI is InChI=1S/C21H24N4O2/c22-13-18(21(26)24-15-20-7-4-12-27-20)14-23-19-8-10-25(11-9-19)16-17-5-2-1-3-6-17/h1-7,12,14,19,23H,8-11,15-16H2,(H,24,26)/b18-14-. The fraction of sp³-hybridized carbons (Fsp3) is 0.333. The molecular weight excluding hydrogens is 340 g/mol. The zero-order chi connectivity index (χ0) is 18.9. The van der Waals surface area contributed by atoms with E-state index in [0.29, 0.717) is 5.76 Å². The first-order valence-corrected chi connectivity index (χ1v) is 9.18. The van der Waals surface area contributed by atoms with Gasteiger partial charge in [-0.05, 0) is 30.5 Å². The number of nitrogens with zero attached hydrogens (tertiary/aromatic N) is 2. The van der Waals surface area contributed by atoms with Crippen molar-refractivity contribution in [1.29, 1.82) is 5.26 Å². The Labute approximate surface area is 159 Å². The number of nitrogens with one attached hydrogen (secondary N) is 2. The molecule has 0 atom stereocenters. The molecule has 1 aliphatic rings. The van der Waals surface area contributed by atoms with Crippen LogP contribution < -0.4 is 10.6 Å². The maximum Gasteiger partial charge on any atom is 0.263 e. The highest BCUT2D eigenvalue weighted by Gasteiger charge is 2.19. The first-order valence-electron chi connectivity index (χ1n) is 9.18. The van der Waals surface area contributed by atoms with Crippen molar-refractivity contribution in [3.63, 3.8) is 0 Å². The summed E-state index contributed by atoms with van der Waals surface area (Å²) in [6.45, 7) is 3.21. The monoisotopic (exact) mass is 364 g/mol. The summed E-state index contributed by atoms with van der Waals surface area (Å²) in [5, 5.41) is 15.2. The van der Waals surface area contributed by atoms with Crippen LogP contribution in [0.2, 0.25) is 0 Å². The van der Waals surface area contributed by atoms with E-state index in [9.17, 15) is 10.1 Å². The zero-order valence-corrected chi connectivity index (χ0v) is 15.2. The highest BCUT2D eigenvalue weighted by molar-refractivity contribution is 5.97. The van der Waals surface area contributed by atoms with Crippen LogP contribution in [0.3, 0.4) is 0 Å². The summed E-state index contributed by atoms with van der Waals surface area (Å²) < 4.78 is 5.17. The Kier molecular flexibility index (Phi) is 6.66. The third kappa shape index (κ3) is 5.73. The third-order valence-corrected chi connectivity index (χ3v) is 4.67. The molecule has 140 valence electrons. The van der Waals surface area contributed by atoms with E-state index in [1.807, 2.05) is 12.1 Å². The Morgan fingerprint density at radius 3 is 2.67 bits per heavy atom. The first kappa shape index (κ1) is 18.7. The molecule has 0 unspecified atom stereocenters. The maximum atomic E-state index is 12.1. The molecule has 1 aromatic carbocycles. The van der Waals surface area contributed by atoms with Crippen molar-refractivity contribution in [2.75, 3.05) is 13.1 Å². The predicted molar refractivity (Wildman–Crippen MR) is 102 cm³/mol. The van der Waals surface area contributed by atoms with Crippen molar-refractivity contribution in [2.24, 2.45) is 0 Å². The Hall–Kier alpha value is -3.04. The van der Waals surface area contributed by atoms with Crippen LogP contribution in [0.25, 0.3) is 0 Å². The largest absolute Gasteiger partial charge is 0.467 e. The van der Waals surface area contributed by atoms with Gasteiger partial charge < -0.3 is 15.1 Å². The highest BCUT2D eigenvalue weighted by atomic mass is 16.3. The van der Waals surface area contributed by atoms with Crippen LogP contribution in [0.5, 0.6) is 0 Å². The fourth-order valence-corrected chi connectivity index (χ4v) is 3.12. The van der Waals surface area contributed by atoms with Crippen LogP contribution in [0.4, 0.5) is 0 Å². The van der Waals surface area contributed by atoms with E-state index in [-0.39, 0.29) is 18.2 Å². The zero-order valence-electron chi connectivity index (χ0n) is 15.2. The van der Waals surface area contributed by atoms with E-state index in [1.54, 1.807) is 18.4 Å². The molecule has 1 fully saturated rings. The van der Waals surface area contributed by atoms with Gasteiger partial charge in [-0.3, -0.25) is 9.69 Å². The van der Waals surface area contributed by atoms with Gasteiger partial charge in [-0.15, -0.1) is 0 Å². The molecule has 1 saturated heterocycles. The van der Waals surface area contributed by atoms with Gasteiger partial charge in [-0.2, -0.15) is 5.26 Å². The van der Waals surface area contributed by atoms with Crippen LogP contribution in [-0.2, 0) is 17.9 Å². The van der Waals surface area contributed by atoms with Crippen LogP contribution in [-0.4, -0.2) is 29.9 Å². The SMILES string of the molecule is N#C/C(=C/NC1CCN(Cc2ccccc2)CC1)C(=O)NCc1ccco1. The molecule has 0 spiro atoms. The van der Waals surface area contributed by atoms with Crippen molar-refractivity contribution >= 4 is 5.91 Å². The third-order valence-electron chi connectivity index (χ3n) is 4.67. The Morgan fingerprint density at radius 2 is 2.00 bits per heavy atom.